The van der Waals surface area contributed by atoms with E-state index in [9.17, 15) is 5.11 Å². The quantitative estimate of drug-likeness (QED) is 0.902. The number of hydrogen-bond donors (Lipinski definition) is 2. The first kappa shape index (κ1) is 13.8. The summed E-state index contributed by atoms with van der Waals surface area (Å²) < 4.78 is 1.07. The molecule has 3 nitrogen and oxygen atoms in total. The van der Waals surface area contributed by atoms with E-state index in [1.54, 1.807) is 0 Å². The largest absolute Gasteiger partial charge is 0.396 e. The van der Waals surface area contributed by atoms with Gasteiger partial charge in [0.2, 0.25) is 0 Å². The molecule has 0 saturated carbocycles. The molecule has 1 unspecified atom stereocenters. The maximum Gasteiger partial charge on any atom is 0.0476 e. The second-order valence-electron chi connectivity index (χ2n) is 5.13. The van der Waals surface area contributed by atoms with Gasteiger partial charge in [-0.2, -0.15) is 0 Å². The third-order valence-electron chi connectivity index (χ3n) is 3.62. The summed E-state index contributed by atoms with van der Waals surface area (Å²) in [4.78, 5) is 2.35. The van der Waals surface area contributed by atoms with Crippen LogP contribution in [0.2, 0.25) is 0 Å². The van der Waals surface area contributed by atoms with Gasteiger partial charge in [0.15, 0.2) is 0 Å². The SMILES string of the molecule is C[C@@H](N)c1ccc(N2CCCC(CO)C2)cc1Br. The van der Waals surface area contributed by atoms with Gasteiger partial charge in [-0.1, -0.05) is 22.0 Å². The number of aliphatic hydroxyl groups is 1. The molecule has 1 aliphatic heterocycles. The number of hydrogen-bond acceptors (Lipinski definition) is 3. The van der Waals surface area contributed by atoms with E-state index in [4.69, 9.17) is 5.73 Å². The molecule has 1 saturated heterocycles. The summed E-state index contributed by atoms with van der Waals surface area (Å²) in [7, 11) is 0. The Labute approximate surface area is 117 Å². The molecule has 0 amide bonds. The number of benzene rings is 1. The topological polar surface area (TPSA) is 49.5 Å². The second kappa shape index (κ2) is 6.04. The summed E-state index contributed by atoms with van der Waals surface area (Å²) >= 11 is 3.59. The standard InChI is InChI=1S/C14H21BrN2O/c1-10(16)13-5-4-12(7-14(13)15)17-6-2-3-11(8-17)9-18/h4-5,7,10-11,18H,2-3,6,8-9,16H2,1H3/t10-,11?/m1/s1. The highest BCUT2D eigenvalue weighted by Gasteiger charge is 2.20. The zero-order valence-electron chi connectivity index (χ0n) is 10.8. The molecule has 18 heavy (non-hydrogen) atoms. The van der Waals surface area contributed by atoms with Crippen molar-refractivity contribution in [2.45, 2.75) is 25.8 Å². The van der Waals surface area contributed by atoms with E-state index in [0.717, 1.165) is 36.0 Å². The molecule has 0 aromatic heterocycles. The fourth-order valence-corrected chi connectivity index (χ4v) is 3.26. The average molecular weight is 313 g/mol. The van der Waals surface area contributed by atoms with E-state index in [0.29, 0.717) is 5.92 Å². The monoisotopic (exact) mass is 312 g/mol. The summed E-state index contributed by atoms with van der Waals surface area (Å²) in [6.45, 7) is 4.29. The zero-order chi connectivity index (χ0) is 13.1. The van der Waals surface area contributed by atoms with E-state index < -0.39 is 0 Å². The van der Waals surface area contributed by atoms with Crippen LogP contribution in [0.5, 0.6) is 0 Å². The molecule has 0 radical (unpaired) electrons. The Morgan fingerprint density at radius 3 is 2.94 bits per heavy atom. The normalized spacial score (nSPS) is 22.0. The van der Waals surface area contributed by atoms with Crippen molar-refractivity contribution in [1.82, 2.24) is 0 Å². The van der Waals surface area contributed by atoms with Gasteiger partial charge < -0.3 is 15.7 Å². The molecular weight excluding hydrogens is 292 g/mol. The van der Waals surface area contributed by atoms with Crippen LogP contribution in [-0.2, 0) is 0 Å². The van der Waals surface area contributed by atoms with Gasteiger partial charge in [-0.25, -0.2) is 0 Å². The minimum absolute atomic E-state index is 0.0416. The summed E-state index contributed by atoms with van der Waals surface area (Å²) in [5.41, 5.74) is 8.26. The number of halogens is 1. The summed E-state index contributed by atoms with van der Waals surface area (Å²) in [5, 5.41) is 9.27. The van der Waals surface area contributed by atoms with Crippen molar-refractivity contribution in [3.63, 3.8) is 0 Å². The van der Waals surface area contributed by atoms with E-state index in [-0.39, 0.29) is 12.6 Å². The van der Waals surface area contributed by atoms with E-state index >= 15 is 0 Å². The van der Waals surface area contributed by atoms with Gasteiger partial charge in [-0.15, -0.1) is 0 Å². The maximum absolute atomic E-state index is 9.27. The van der Waals surface area contributed by atoms with Crippen molar-refractivity contribution < 1.29 is 5.11 Å². The molecule has 100 valence electrons. The molecule has 1 fully saturated rings. The predicted octanol–water partition coefficient (Wildman–Crippen LogP) is 2.68. The van der Waals surface area contributed by atoms with Gasteiger partial charge in [0.05, 0.1) is 0 Å². The van der Waals surface area contributed by atoms with Crippen molar-refractivity contribution in [3.8, 4) is 0 Å². The van der Waals surface area contributed by atoms with Crippen molar-refractivity contribution >= 4 is 21.6 Å². The number of anilines is 1. The Kier molecular flexibility index (Phi) is 4.65. The molecule has 1 aromatic carbocycles. The minimum atomic E-state index is 0.0416. The third-order valence-corrected chi connectivity index (χ3v) is 4.30. The lowest BCUT2D eigenvalue weighted by atomic mass is 9.98. The van der Waals surface area contributed by atoms with Crippen molar-refractivity contribution in [1.29, 1.82) is 0 Å². The number of aliphatic hydroxyl groups excluding tert-OH is 1. The van der Waals surface area contributed by atoms with Crippen molar-refractivity contribution in [3.05, 3.63) is 28.2 Å². The summed E-state index contributed by atoms with van der Waals surface area (Å²) in [6.07, 6.45) is 2.28. The molecule has 0 bridgehead atoms. The van der Waals surface area contributed by atoms with Gasteiger partial charge in [-0.05, 0) is 43.4 Å². The number of nitrogens with zero attached hydrogens (tertiary/aromatic N) is 1. The van der Waals surface area contributed by atoms with E-state index in [1.165, 1.54) is 5.69 Å². The second-order valence-corrected chi connectivity index (χ2v) is 5.99. The van der Waals surface area contributed by atoms with Crippen LogP contribution in [0.1, 0.15) is 31.4 Å². The van der Waals surface area contributed by atoms with Crippen LogP contribution in [0.4, 0.5) is 5.69 Å². The first-order valence-electron chi connectivity index (χ1n) is 6.52. The Bertz CT molecular complexity index is 409. The van der Waals surface area contributed by atoms with Gasteiger partial charge >= 0.3 is 0 Å². The molecule has 0 spiro atoms. The zero-order valence-corrected chi connectivity index (χ0v) is 12.4. The maximum atomic E-state index is 9.27. The number of rotatable bonds is 3. The van der Waals surface area contributed by atoms with E-state index in [1.807, 2.05) is 6.92 Å². The summed E-state index contributed by atoms with van der Waals surface area (Å²) in [5.74, 6) is 0.408. The minimum Gasteiger partial charge on any atom is -0.396 e. The molecule has 3 N–H and O–H groups in total. The molecule has 1 aromatic rings. The molecule has 1 aliphatic rings. The highest BCUT2D eigenvalue weighted by molar-refractivity contribution is 9.10. The van der Waals surface area contributed by atoms with Crippen LogP contribution in [0.3, 0.4) is 0 Å². The van der Waals surface area contributed by atoms with Crippen LogP contribution in [-0.4, -0.2) is 24.8 Å². The Morgan fingerprint density at radius 2 is 2.33 bits per heavy atom. The fourth-order valence-electron chi connectivity index (χ4n) is 2.53. The Balaban J connectivity index is 2.16. The first-order chi connectivity index (χ1) is 8.61. The first-order valence-corrected chi connectivity index (χ1v) is 7.32. The molecular formula is C14H21BrN2O. The fraction of sp³-hybridized carbons (Fsp3) is 0.571. The third kappa shape index (κ3) is 3.05. The van der Waals surface area contributed by atoms with Crippen LogP contribution in [0, 0.1) is 5.92 Å². The van der Waals surface area contributed by atoms with Gasteiger partial charge in [0.25, 0.3) is 0 Å². The highest BCUT2D eigenvalue weighted by Crippen LogP contribution is 2.29. The number of nitrogens with two attached hydrogens (primary N) is 1. The summed E-state index contributed by atoms with van der Waals surface area (Å²) in [6, 6.07) is 6.40. The van der Waals surface area contributed by atoms with Crippen molar-refractivity contribution in [2.75, 3.05) is 24.6 Å². The molecule has 0 aliphatic carbocycles. The smallest absolute Gasteiger partial charge is 0.0476 e. The van der Waals surface area contributed by atoms with Gasteiger partial charge in [0.1, 0.15) is 0 Å². The average Bonchev–Trinajstić information content (AvgIpc) is 2.38. The van der Waals surface area contributed by atoms with Crippen LogP contribution < -0.4 is 10.6 Å². The molecule has 4 heteroatoms. The van der Waals surface area contributed by atoms with Gasteiger partial charge in [0, 0.05) is 35.9 Å². The van der Waals surface area contributed by atoms with Crippen molar-refractivity contribution in [2.24, 2.45) is 11.7 Å². The van der Waals surface area contributed by atoms with E-state index in [2.05, 4.69) is 39.0 Å². The Morgan fingerprint density at radius 1 is 1.56 bits per heavy atom. The predicted molar refractivity (Wildman–Crippen MR) is 78.8 cm³/mol. The van der Waals surface area contributed by atoms with Crippen LogP contribution >= 0.6 is 15.9 Å². The Hall–Kier alpha value is -0.580. The van der Waals surface area contributed by atoms with Crippen LogP contribution in [0.15, 0.2) is 22.7 Å². The lowest BCUT2D eigenvalue weighted by Crippen LogP contribution is -2.36. The van der Waals surface area contributed by atoms with Crippen LogP contribution in [0.25, 0.3) is 0 Å². The molecule has 2 atom stereocenters. The molecule has 1 heterocycles. The number of piperidine rings is 1. The lowest BCUT2D eigenvalue weighted by Gasteiger charge is -2.34. The lowest BCUT2D eigenvalue weighted by molar-refractivity contribution is 0.208. The van der Waals surface area contributed by atoms with Gasteiger partial charge in [-0.3, -0.25) is 0 Å². The molecule has 2 rings (SSSR count). The highest BCUT2D eigenvalue weighted by atomic mass is 79.9.